The fourth-order valence-electron chi connectivity index (χ4n) is 1.11. The van der Waals surface area contributed by atoms with Gasteiger partial charge in [0, 0.05) is 6.20 Å². The number of amides is 1. The van der Waals surface area contributed by atoms with E-state index in [1.807, 2.05) is 6.92 Å². The van der Waals surface area contributed by atoms with Gasteiger partial charge in [0.2, 0.25) is 0 Å². The van der Waals surface area contributed by atoms with E-state index < -0.39 is 5.91 Å². The van der Waals surface area contributed by atoms with E-state index in [2.05, 4.69) is 18.9 Å². The van der Waals surface area contributed by atoms with Crippen LogP contribution < -0.4 is 11.5 Å². The van der Waals surface area contributed by atoms with Crippen molar-refractivity contribution in [2.75, 3.05) is 5.73 Å². The first-order valence-electron chi connectivity index (χ1n) is 4.58. The Labute approximate surface area is 83.1 Å². The van der Waals surface area contributed by atoms with E-state index in [1.54, 1.807) is 10.9 Å². The van der Waals surface area contributed by atoms with Gasteiger partial charge in [0.25, 0.3) is 5.91 Å². The largest absolute Gasteiger partial charge is 0.382 e. The SMILES string of the molecule is CC(C)C(C)n1cc(C(N)=O)c(N)n1. The average Bonchev–Trinajstić information content (AvgIpc) is 2.45. The van der Waals surface area contributed by atoms with Crippen molar-refractivity contribution in [2.24, 2.45) is 11.7 Å². The monoisotopic (exact) mass is 196 g/mol. The highest BCUT2D eigenvalue weighted by Crippen LogP contribution is 2.18. The number of hydrogen-bond donors (Lipinski definition) is 2. The van der Waals surface area contributed by atoms with Crippen LogP contribution in [0.25, 0.3) is 0 Å². The Kier molecular flexibility index (Phi) is 2.78. The van der Waals surface area contributed by atoms with Crippen LogP contribution in [-0.2, 0) is 0 Å². The number of nitrogen functional groups attached to an aromatic ring is 1. The predicted octanol–water partition coefficient (Wildman–Crippen LogP) is 0.781. The Morgan fingerprint density at radius 1 is 1.50 bits per heavy atom. The molecule has 0 saturated carbocycles. The number of nitrogens with two attached hydrogens (primary N) is 2. The number of carbonyl (C=O) groups is 1. The summed E-state index contributed by atoms with van der Waals surface area (Å²) in [4.78, 5) is 10.9. The van der Waals surface area contributed by atoms with Crippen molar-refractivity contribution in [1.29, 1.82) is 0 Å². The minimum atomic E-state index is -0.537. The van der Waals surface area contributed by atoms with Crippen molar-refractivity contribution in [3.8, 4) is 0 Å². The van der Waals surface area contributed by atoms with E-state index in [0.29, 0.717) is 5.92 Å². The summed E-state index contributed by atoms with van der Waals surface area (Å²) in [6.45, 7) is 6.17. The van der Waals surface area contributed by atoms with Gasteiger partial charge in [-0.15, -0.1) is 0 Å². The summed E-state index contributed by atoms with van der Waals surface area (Å²) < 4.78 is 1.68. The molecule has 0 radical (unpaired) electrons. The van der Waals surface area contributed by atoms with Crippen molar-refractivity contribution < 1.29 is 4.79 Å². The smallest absolute Gasteiger partial charge is 0.254 e. The lowest BCUT2D eigenvalue weighted by Gasteiger charge is -2.15. The quantitative estimate of drug-likeness (QED) is 0.748. The highest BCUT2D eigenvalue weighted by molar-refractivity contribution is 5.96. The molecule has 0 saturated heterocycles. The second kappa shape index (κ2) is 3.69. The molecule has 0 aliphatic rings. The van der Waals surface area contributed by atoms with Crippen molar-refractivity contribution >= 4 is 11.7 Å². The van der Waals surface area contributed by atoms with Gasteiger partial charge in [-0.3, -0.25) is 9.48 Å². The number of aromatic nitrogens is 2. The second-order valence-electron chi connectivity index (χ2n) is 3.76. The highest BCUT2D eigenvalue weighted by Gasteiger charge is 2.15. The maximum atomic E-state index is 10.9. The van der Waals surface area contributed by atoms with Crippen LogP contribution in [0.5, 0.6) is 0 Å². The highest BCUT2D eigenvalue weighted by atomic mass is 16.1. The van der Waals surface area contributed by atoms with E-state index >= 15 is 0 Å². The Bertz CT molecular complexity index is 343. The first kappa shape index (κ1) is 10.6. The molecule has 0 aliphatic carbocycles. The molecular weight excluding hydrogens is 180 g/mol. The molecule has 0 fully saturated rings. The zero-order chi connectivity index (χ0) is 10.9. The minimum Gasteiger partial charge on any atom is -0.382 e. The molecule has 0 aliphatic heterocycles. The van der Waals surface area contributed by atoms with Crippen LogP contribution >= 0.6 is 0 Å². The molecule has 1 unspecified atom stereocenters. The van der Waals surface area contributed by atoms with Crippen LogP contribution in [0, 0.1) is 5.92 Å². The number of rotatable bonds is 3. The normalized spacial score (nSPS) is 13.1. The van der Waals surface area contributed by atoms with E-state index in [-0.39, 0.29) is 17.4 Å². The topological polar surface area (TPSA) is 86.9 Å². The van der Waals surface area contributed by atoms with Crippen LogP contribution in [0.2, 0.25) is 0 Å². The van der Waals surface area contributed by atoms with E-state index in [4.69, 9.17) is 11.5 Å². The molecule has 78 valence electrons. The lowest BCUT2D eigenvalue weighted by molar-refractivity contribution is 0.100. The third-order valence-electron chi connectivity index (χ3n) is 2.41. The minimum absolute atomic E-state index is 0.199. The molecule has 0 aromatic carbocycles. The number of anilines is 1. The Balaban J connectivity index is 3.02. The summed E-state index contributed by atoms with van der Waals surface area (Å²) in [7, 11) is 0. The first-order chi connectivity index (χ1) is 6.43. The fraction of sp³-hybridized carbons (Fsp3) is 0.556. The zero-order valence-corrected chi connectivity index (χ0v) is 8.69. The van der Waals surface area contributed by atoms with Crippen LogP contribution in [0.4, 0.5) is 5.82 Å². The van der Waals surface area contributed by atoms with Gasteiger partial charge < -0.3 is 11.5 Å². The first-order valence-corrected chi connectivity index (χ1v) is 4.58. The zero-order valence-electron chi connectivity index (χ0n) is 8.69. The molecule has 5 heteroatoms. The fourth-order valence-corrected chi connectivity index (χ4v) is 1.11. The molecule has 1 aromatic rings. The third kappa shape index (κ3) is 1.86. The van der Waals surface area contributed by atoms with E-state index in [0.717, 1.165) is 0 Å². The van der Waals surface area contributed by atoms with Crippen LogP contribution in [0.1, 0.15) is 37.2 Å². The number of hydrogen-bond acceptors (Lipinski definition) is 3. The lowest BCUT2D eigenvalue weighted by Crippen LogP contribution is -2.13. The predicted molar refractivity (Wildman–Crippen MR) is 54.7 cm³/mol. The molecular formula is C9H16N4O. The molecule has 0 bridgehead atoms. The molecule has 0 spiro atoms. The maximum Gasteiger partial charge on any atom is 0.254 e. The standard InChI is InChI=1S/C9H16N4O/c1-5(2)6(3)13-4-7(9(11)14)8(10)12-13/h4-6H,1-3H3,(H2,10,12)(H2,11,14). The Morgan fingerprint density at radius 2 is 2.07 bits per heavy atom. The molecule has 1 atom stereocenters. The van der Waals surface area contributed by atoms with Gasteiger partial charge in [0.15, 0.2) is 5.82 Å². The average molecular weight is 196 g/mol. The Hall–Kier alpha value is -1.52. The summed E-state index contributed by atoms with van der Waals surface area (Å²) in [5.74, 6) is 0.0877. The summed E-state index contributed by atoms with van der Waals surface area (Å²) in [5.41, 5.74) is 11.0. The van der Waals surface area contributed by atoms with E-state index in [1.165, 1.54) is 0 Å². The van der Waals surface area contributed by atoms with Gasteiger partial charge in [0.05, 0.1) is 6.04 Å². The molecule has 1 heterocycles. The molecule has 5 nitrogen and oxygen atoms in total. The molecule has 14 heavy (non-hydrogen) atoms. The van der Waals surface area contributed by atoms with Crippen LogP contribution in [0.3, 0.4) is 0 Å². The van der Waals surface area contributed by atoms with Gasteiger partial charge >= 0.3 is 0 Å². The molecule has 1 rings (SSSR count). The Morgan fingerprint density at radius 3 is 2.43 bits per heavy atom. The molecule has 1 amide bonds. The van der Waals surface area contributed by atoms with Gasteiger partial charge in [-0.05, 0) is 12.8 Å². The summed E-state index contributed by atoms with van der Waals surface area (Å²) in [5, 5.41) is 4.05. The van der Waals surface area contributed by atoms with Crippen molar-refractivity contribution in [1.82, 2.24) is 9.78 Å². The number of carbonyl (C=O) groups excluding carboxylic acids is 1. The van der Waals surface area contributed by atoms with Crippen LogP contribution in [-0.4, -0.2) is 15.7 Å². The van der Waals surface area contributed by atoms with Crippen molar-refractivity contribution in [3.63, 3.8) is 0 Å². The van der Waals surface area contributed by atoms with Gasteiger partial charge in [-0.2, -0.15) is 5.10 Å². The van der Waals surface area contributed by atoms with Gasteiger partial charge in [-0.25, -0.2) is 0 Å². The number of nitrogens with zero attached hydrogens (tertiary/aromatic N) is 2. The lowest BCUT2D eigenvalue weighted by atomic mass is 10.1. The second-order valence-corrected chi connectivity index (χ2v) is 3.76. The third-order valence-corrected chi connectivity index (χ3v) is 2.41. The number of primary amides is 1. The summed E-state index contributed by atoms with van der Waals surface area (Å²) in [6.07, 6.45) is 1.60. The van der Waals surface area contributed by atoms with Crippen LogP contribution in [0.15, 0.2) is 6.20 Å². The van der Waals surface area contributed by atoms with Crippen molar-refractivity contribution in [2.45, 2.75) is 26.8 Å². The molecule has 1 aromatic heterocycles. The summed E-state index contributed by atoms with van der Waals surface area (Å²) in [6, 6.07) is 0.199. The van der Waals surface area contributed by atoms with Gasteiger partial charge in [-0.1, -0.05) is 13.8 Å². The summed E-state index contributed by atoms with van der Waals surface area (Å²) >= 11 is 0. The van der Waals surface area contributed by atoms with E-state index in [9.17, 15) is 4.79 Å². The maximum absolute atomic E-state index is 10.9. The van der Waals surface area contributed by atoms with Gasteiger partial charge in [0.1, 0.15) is 5.56 Å². The molecule has 4 N–H and O–H groups in total. The van der Waals surface area contributed by atoms with Crippen molar-refractivity contribution in [3.05, 3.63) is 11.8 Å².